The van der Waals surface area contributed by atoms with Crippen molar-refractivity contribution in [2.75, 3.05) is 5.75 Å². The van der Waals surface area contributed by atoms with Gasteiger partial charge in [-0.2, -0.15) is 11.3 Å². The molecule has 2 rings (SSSR count). The summed E-state index contributed by atoms with van der Waals surface area (Å²) in [5, 5.41) is 14.4. The third-order valence-electron chi connectivity index (χ3n) is 5.01. The quantitative estimate of drug-likeness (QED) is 0.212. The number of ketones is 1. The van der Waals surface area contributed by atoms with Crippen LogP contribution in [0, 0.1) is 5.92 Å². The lowest BCUT2D eigenvalue weighted by atomic mass is 10.1. The molecule has 0 saturated carbocycles. The minimum Gasteiger partial charge on any atom is -0.430 e. The van der Waals surface area contributed by atoms with Gasteiger partial charge >= 0.3 is 5.97 Å². The standard InChI is InChI=1S/C24H34O4S2/c1-3-7-23(27)28-22-12-10-20(9-11-21(26)16-19-13-15-29-17-19)24(22)30-14-6-4-5-8-18(2)25/h9,11,13,15,17,20-21,26H,3-8,10,12,14,16H2,1-2H3/b11-9+. The van der Waals surface area contributed by atoms with Gasteiger partial charge < -0.3 is 14.6 Å². The van der Waals surface area contributed by atoms with Gasteiger partial charge in [-0.25, -0.2) is 0 Å². The second kappa shape index (κ2) is 13.8. The Labute approximate surface area is 188 Å². The SMILES string of the molecule is CCCC(=O)OC1=C(SCCCCCC(C)=O)C(/C=C/C(O)Cc2ccsc2)CC1. The summed E-state index contributed by atoms with van der Waals surface area (Å²) in [6.45, 7) is 3.61. The number of rotatable bonds is 14. The second-order valence-electron chi connectivity index (χ2n) is 7.81. The van der Waals surface area contributed by atoms with Gasteiger partial charge in [0.15, 0.2) is 0 Å². The van der Waals surface area contributed by atoms with E-state index in [9.17, 15) is 14.7 Å². The zero-order chi connectivity index (χ0) is 21.8. The van der Waals surface area contributed by atoms with E-state index in [1.807, 2.05) is 24.4 Å². The number of ether oxygens (including phenoxy) is 1. The zero-order valence-corrected chi connectivity index (χ0v) is 19.7. The molecule has 1 heterocycles. The predicted octanol–water partition coefficient (Wildman–Crippen LogP) is 6.06. The number of allylic oxidation sites excluding steroid dienone is 3. The number of Topliss-reactive ketones (excluding diaryl/α,β-unsaturated/α-hetero) is 1. The fourth-order valence-electron chi connectivity index (χ4n) is 3.43. The first-order valence-electron chi connectivity index (χ1n) is 10.9. The average Bonchev–Trinajstić information content (AvgIpc) is 3.33. The number of unbranched alkanes of at least 4 members (excludes halogenated alkanes) is 2. The highest BCUT2D eigenvalue weighted by molar-refractivity contribution is 8.03. The maximum absolute atomic E-state index is 12.0. The molecule has 0 radical (unpaired) electrons. The van der Waals surface area contributed by atoms with Crippen molar-refractivity contribution in [3.8, 4) is 0 Å². The van der Waals surface area contributed by atoms with Crippen molar-refractivity contribution in [3.05, 3.63) is 45.2 Å². The van der Waals surface area contributed by atoms with Gasteiger partial charge in [-0.1, -0.05) is 25.5 Å². The van der Waals surface area contributed by atoms with E-state index in [-0.39, 0.29) is 17.7 Å². The van der Waals surface area contributed by atoms with E-state index in [1.54, 1.807) is 30.0 Å². The molecule has 1 N–H and O–H groups in total. The monoisotopic (exact) mass is 450 g/mol. The van der Waals surface area contributed by atoms with Gasteiger partial charge in [-0.3, -0.25) is 4.79 Å². The van der Waals surface area contributed by atoms with Crippen molar-refractivity contribution >= 4 is 34.9 Å². The highest BCUT2D eigenvalue weighted by Gasteiger charge is 2.27. The molecule has 30 heavy (non-hydrogen) atoms. The lowest BCUT2D eigenvalue weighted by Crippen LogP contribution is -2.07. The minimum absolute atomic E-state index is 0.158. The maximum atomic E-state index is 12.0. The van der Waals surface area contributed by atoms with Crippen molar-refractivity contribution < 1.29 is 19.4 Å². The van der Waals surface area contributed by atoms with E-state index >= 15 is 0 Å². The van der Waals surface area contributed by atoms with Crippen LogP contribution in [0.4, 0.5) is 0 Å². The summed E-state index contributed by atoms with van der Waals surface area (Å²) in [6.07, 6.45) is 10.6. The van der Waals surface area contributed by atoms with Crippen molar-refractivity contribution in [1.29, 1.82) is 0 Å². The van der Waals surface area contributed by atoms with E-state index in [0.29, 0.717) is 19.3 Å². The Bertz CT molecular complexity index is 722. The molecule has 6 heteroatoms. The first-order chi connectivity index (χ1) is 14.5. The Morgan fingerprint density at radius 3 is 2.87 bits per heavy atom. The maximum Gasteiger partial charge on any atom is 0.310 e. The molecule has 0 aliphatic heterocycles. The van der Waals surface area contributed by atoms with Crippen LogP contribution in [0.2, 0.25) is 0 Å². The Hall–Kier alpha value is -1.37. The highest BCUT2D eigenvalue weighted by atomic mass is 32.2. The molecule has 0 amide bonds. The summed E-state index contributed by atoms with van der Waals surface area (Å²) in [6, 6.07) is 2.04. The highest BCUT2D eigenvalue weighted by Crippen LogP contribution is 2.41. The lowest BCUT2D eigenvalue weighted by Gasteiger charge is -2.13. The fourth-order valence-corrected chi connectivity index (χ4v) is 5.39. The molecule has 0 saturated heterocycles. The Morgan fingerprint density at radius 1 is 1.33 bits per heavy atom. The van der Waals surface area contributed by atoms with Gasteiger partial charge in [-0.05, 0) is 60.7 Å². The molecule has 1 aromatic rings. The Morgan fingerprint density at radius 2 is 2.17 bits per heavy atom. The van der Waals surface area contributed by atoms with Gasteiger partial charge in [-0.15, -0.1) is 11.8 Å². The number of carbonyl (C=O) groups excluding carboxylic acids is 2. The second-order valence-corrected chi connectivity index (χ2v) is 9.72. The fraction of sp³-hybridized carbons (Fsp3) is 0.583. The summed E-state index contributed by atoms with van der Waals surface area (Å²) >= 11 is 3.40. The molecule has 1 aromatic heterocycles. The number of thioether (sulfide) groups is 1. The molecule has 0 fully saturated rings. The molecule has 1 aliphatic rings. The summed E-state index contributed by atoms with van der Waals surface area (Å²) < 4.78 is 5.68. The zero-order valence-electron chi connectivity index (χ0n) is 18.1. The number of hydrogen-bond acceptors (Lipinski definition) is 6. The summed E-state index contributed by atoms with van der Waals surface area (Å²) in [4.78, 5) is 24.2. The summed E-state index contributed by atoms with van der Waals surface area (Å²) in [5.41, 5.74) is 1.15. The Balaban J connectivity index is 1.94. The van der Waals surface area contributed by atoms with Gasteiger partial charge in [0, 0.05) is 36.5 Å². The lowest BCUT2D eigenvalue weighted by molar-refractivity contribution is -0.139. The van der Waals surface area contributed by atoms with Crippen LogP contribution < -0.4 is 0 Å². The largest absolute Gasteiger partial charge is 0.430 e. The number of thiophene rings is 1. The van der Waals surface area contributed by atoms with Crippen LogP contribution in [0.3, 0.4) is 0 Å². The van der Waals surface area contributed by atoms with Crippen LogP contribution in [-0.4, -0.2) is 28.7 Å². The number of carbonyl (C=O) groups is 2. The van der Waals surface area contributed by atoms with Crippen LogP contribution in [0.15, 0.2) is 39.6 Å². The smallest absolute Gasteiger partial charge is 0.310 e. The van der Waals surface area contributed by atoms with Crippen LogP contribution in [0.1, 0.15) is 70.8 Å². The molecule has 1 aliphatic carbocycles. The average molecular weight is 451 g/mol. The van der Waals surface area contributed by atoms with Gasteiger partial charge in [0.1, 0.15) is 11.5 Å². The number of aliphatic hydroxyl groups excluding tert-OH is 1. The first-order valence-corrected chi connectivity index (χ1v) is 12.9. The van der Waals surface area contributed by atoms with Crippen LogP contribution >= 0.6 is 23.1 Å². The third-order valence-corrected chi connectivity index (χ3v) is 7.07. The van der Waals surface area contributed by atoms with E-state index in [1.165, 1.54) is 0 Å². The number of hydrogen-bond donors (Lipinski definition) is 1. The van der Waals surface area contributed by atoms with E-state index in [0.717, 1.165) is 60.5 Å². The van der Waals surface area contributed by atoms with E-state index < -0.39 is 6.10 Å². The van der Waals surface area contributed by atoms with Crippen molar-refractivity contribution in [3.63, 3.8) is 0 Å². The molecule has 2 atom stereocenters. The Kier molecular flexibility index (Phi) is 11.5. The van der Waals surface area contributed by atoms with E-state index in [2.05, 4.69) is 11.5 Å². The van der Waals surface area contributed by atoms with E-state index in [4.69, 9.17) is 4.74 Å². The first kappa shape index (κ1) is 24.9. The van der Waals surface area contributed by atoms with Gasteiger partial charge in [0.05, 0.1) is 6.10 Å². The molecule has 4 nitrogen and oxygen atoms in total. The minimum atomic E-state index is -0.510. The number of esters is 1. The molecule has 0 aromatic carbocycles. The van der Waals surface area contributed by atoms with Crippen molar-refractivity contribution in [2.24, 2.45) is 5.92 Å². The van der Waals surface area contributed by atoms with Crippen LogP contribution in [-0.2, 0) is 20.7 Å². The normalized spacial score (nSPS) is 17.6. The molecular formula is C24H34O4S2. The van der Waals surface area contributed by atoms with Gasteiger partial charge in [0.25, 0.3) is 0 Å². The van der Waals surface area contributed by atoms with Crippen LogP contribution in [0.5, 0.6) is 0 Å². The predicted molar refractivity (Wildman–Crippen MR) is 126 cm³/mol. The molecule has 2 unspecified atom stereocenters. The summed E-state index contributed by atoms with van der Waals surface area (Å²) in [5.74, 6) is 2.04. The topological polar surface area (TPSA) is 63.6 Å². The molecule has 0 spiro atoms. The molecule has 166 valence electrons. The molecular weight excluding hydrogens is 416 g/mol. The van der Waals surface area contributed by atoms with Crippen molar-refractivity contribution in [2.45, 2.75) is 77.7 Å². The summed E-state index contributed by atoms with van der Waals surface area (Å²) in [7, 11) is 0. The number of aliphatic hydroxyl groups is 1. The molecule has 0 bridgehead atoms. The van der Waals surface area contributed by atoms with Gasteiger partial charge in [0.2, 0.25) is 0 Å². The third kappa shape index (κ3) is 9.19. The van der Waals surface area contributed by atoms with Crippen molar-refractivity contribution in [1.82, 2.24) is 0 Å². The van der Waals surface area contributed by atoms with Crippen LogP contribution in [0.25, 0.3) is 0 Å².